The molecule has 37 heavy (non-hydrogen) atoms. The summed E-state index contributed by atoms with van der Waals surface area (Å²) in [7, 11) is 1.60. The molecule has 0 bridgehead atoms. The molecule has 7 heteroatoms. The Morgan fingerprint density at radius 1 is 1.00 bits per heavy atom. The number of hydrogen-bond acceptors (Lipinski definition) is 3. The number of amides is 2. The number of ether oxygens (including phenoxy) is 1. The lowest BCUT2D eigenvalue weighted by atomic mass is 10.0. The van der Waals surface area contributed by atoms with Crippen molar-refractivity contribution >= 4 is 22.7 Å². The summed E-state index contributed by atoms with van der Waals surface area (Å²) in [4.78, 5) is 33.4. The van der Waals surface area contributed by atoms with E-state index in [1.807, 2.05) is 24.4 Å². The van der Waals surface area contributed by atoms with Gasteiger partial charge in [-0.15, -0.1) is 0 Å². The molecule has 198 valence electrons. The zero-order chi connectivity index (χ0) is 26.0. The molecule has 4 rings (SSSR count). The van der Waals surface area contributed by atoms with E-state index in [1.54, 1.807) is 29.0 Å². The summed E-state index contributed by atoms with van der Waals surface area (Å²) in [6.07, 6.45) is 8.91. The highest BCUT2D eigenvalue weighted by Gasteiger charge is 2.23. The number of aromatic nitrogens is 1. The van der Waals surface area contributed by atoms with E-state index in [9.17, 15) is 14.0 Å². The number of methoxy groups -OCH3 is 1. The highest BCUT2D eigenvalue weighted by atomic mass is 19.1. The number of nitrogens with zero attached hydrogens (tertiary/aromatic N) is 2. The normalized spacial score (nSPS) is 13.8. The summed E-state index contributed by atoms with van der Waals surface area (Å²) >= 11 is 0. The quantitative estimate of drug-likeness (QED) is 0.340. The second-order valence-electron chi connectivity index (χ2n) is 10.0. The van der Waals surface area contributed by atoms with Crippen LogP contribution in [0.1, 0.15) is 49.7 Å². The van der Waals surface area contributed by atoms with Crippen molar-refractivity contribution in [3.63, 3.8) is 0 Å². The maximum absolute atomic E-state index is 13.6. The first-order valence-electron chi connectivity index (χ1n) is 13.4. The molecule has 0 unspecified atom stereocenters. The van der Waals surface area contributed by atoms with Crippen LogP contribution >= 0.6 is 0 Å². The van der Waals surface area contributed by atoms with Crippen LogP contribution in [0.4, 0.5) is 4.39 Å². The minimum Gasteiger partial charge on any atom is -0.383 e. The molecule has 0 aliphatic heterocycles. The van der Waals surface area contributed by atoms with Gasteiger partial charge in [-0.25, -0.2) is 4.39 Å². The molecular formula is C30H38FN3O3. The number of H-pyrrole nitrogens is 1. The lowest BCUT2D eigenvalue weighted by Crippen LogP contribution is -2.44. The SMILES string of the molecule is COCCN(CC(=O)N(CCc1c[nH]c2ccccc12)Cc1ccc(F)cc1)C(=O)CCC1CCCC1. The maximum atomic E-state index is 13.6. The minimum absolute atomic E-state index is 0.00987. The summed E-state index contributed by atoms with van der Waals surface area (Å²) in [5.41, 5.74) is 3.05. The Morgan fingerprint density at radius 3 is 2.51 bits per heavy atom. The van der Waals surface area contributed by atoms with Gasteiger partial charge in [0.25, 0.3) is 0 Å². The van der Waals surface area contributed by atoms with Crippen molar-refractivity contribution in [1.29, 1.82) is 0 Å². The summed E-state index contributed by atoms with van der Waals surface area (Å²) < 4.78 is 18.7. The van der Waals surface area contributed by atoms with Gasteiger partial charge < -0.3 is 19.5 Å². The fourth-order valence-electron chi connectivity index (χ4n) is 5.24. The molecule has 1 fully saturated rings. The Hall–Kier alpha value is -3.19. The largest absolute Gasteiger partial charge is 0.383 e. The minimum atomic E-state index is -0.306. The van der Waals surface area contributed by atoms with E-state index in [0.29, 0.717) is 45.0 Å². The molecular weight excluding hydrogens is 469 g/mol. The fourth-order valence-corrected chi connectivity index (χ4v) is 5.24. The Bertz CT molecular complexity index is 1150. The monoisotopic (exact) mass is 507 g/mol. The molecule has 0 radical (unpaired) electrons. The number of para-hydroxylation sites is 1. The van der Waals surface area contributed by atoms with Gasteiger partial charge in [0.1, 0.15) is 5.82 Å². The molecule has 1 saturated carbocycles. The smallest absolute Gasteiger partial charge is 0.242 e. The third kappa shape index (κ3) is 7.65. The van der Waals surface area contributed by atoms with E-state index in [0.717, 1.165) is 28.5 Å². The molecule has 1 aromatic heterocycles. The topological polar surface area (TPSA) is 65.6 Å². The number of fused-ring (bicyclic) bond motifs is 1. The van der Waals surface area contributed by atoms with Gasteiger partial charge in [0.05, 0.1) is 13.2 Å². The molecule has 1 aliphatic carbocycles. The summed E-state index contributed by atoms with van der Waals surface area (Å²) in [6.45, 7) is 1.64. The van der Waals surface area contributed by atoms with Crippen molar-refractivity contribution in [1.82, 2.24) is 14.8 Å². The van der Waals surface area contributed by atoms with Crippen molar-refractivity contribution in [3.05, 3.63) is 71.7 Å². The van der Waals surface area contributed by atoms with Crippen LogP contribution < -0.4 is 0 Å². The summed E-state index contributed by atoms with van der Waals surface area (Å²) in [6, 6.07) is 14.3. The third-order valence-corrected chi connectivity index (χ3v) is 7.45. The van der Waals surface area contributed by atoms with Gasteiger partial charge in [-0.05, 0) is 48.1 Å². The highest BCUT2D eigenvalue weighted by Crippen LogP contribution is 2.28. The molecule has 1 heterocycles. The molecule has 6 nitrogen and oxygen atoms in total. The van der Waals surface area contributed by atoms with Crippen LogP contribution in [0.2, 0.25) is 0 Å². The zero-order valence-electron chi connectivity index (χ0n) is 21.8. The number of nitrogens with one attached hydrogen (secondary N) is 1. The van der Waals surface area contributed by atoms with E-state index in [-0.39, 0.29) is 24.2 Å². The molecule has 3 aromatic rings. The van der Waals surface area contributed by atoms with Crippen LogP contribution in [0.15, 0.2) is 54.7 Å². The van der Waals surface area contributed by atoms with Crippen LogP contribution in [-0.2, 0) is 27.3 Å². The molecule has 2 aromatic carbocycles. The second kappa shape index (κ2) is 13.4. The van der Waals surface area contributed by atoms with Crippen molar-refractivity contribution < 1.29 is 18.7 Å². The zero-order valence-corrected chi connectivity index (χ0v) is 21.8. The van der Waals surface area contributed by atoms with Gasteiger partial charge in [0.15, 0.2) is 0 Å². The van der Waals surface area contributed by atoms with Gasteiger partial charge >= 0.3 is 0 Å². The lowest BCUT2D eigenvalue weighted by Gasteiger charge is -2.28. The second-order valence-corrected chi connectivity index (χ2v) is 10.0. The van der Waals surface area contributed by atoms with Gasteiger partial charge in [-0.1, -0.05) is 56.0 Å². The Morgan fingerprint density at radius 2 is 1.76 bits per heavy atom. The Kier molecular flexibility index (Phi) is 9.71. The standard InChI is InChI=1S/C30H38FN3O3/c1-37-19-18-34(29(35)15-12-23-6-2-3-7-23)22-30(36)33(21-24-10-13-26(31)14-11-24)17-16-25-20-32-28-9-5-4-8-27(25)28/h4-5,8-11,13-14,20,23,32H,2-3,6-7,12,15-19,21-22H2,1H3. The number of halogens is 1. The maximum Gasteiger partial charge on any atom is 0.242 e. The van der Waals surface area contributed by atoms with Gasteiger partial charge in [-0.3, -0.25) is 9.59 Å². The van der Waals surface area contributed by atoms with Crippen LogP contribution in [-0.4, -0.2) is 59.9 Å². The molecule has 0 spiro atoms. The van der Waals surface area contributed by atoms with Gasteiger partial charge in [0.2, 0.25) is 11.8 Å². The van der Waals surface area contributed by atoms with E-state index < -0.39 is 0 Å². The lowest BCUT2D eigenvalue weighted by molar-refractivity contribution is -0.141. The Balaban J connectivity index is 1.45. The van der Waals surface area contributed by atoms with E-state index in [4.69, 9.17) is 4.74 Å². The predicted octanol–water partition coefficient (Wildman–Crippen LogP) is 5.32. The van der Waals surface area contributed by atoms with Crippen molar-refractivity contribution in [3.8, 4) is 0 Å². The highest BCUT2D eigenvalue weighted by molar-refractivity contribution is 5.85. The first kappa shape index (κ1) is 26.9. The average molecular weight is 508 g/mol. The molecule has 2 amide bonds. The molecule has 0 atom stereocenters. The van der Waals surface area contributed by atoms with E-state index >= 15 is 0 Å². The number of aromatic amines is 1. The van der Waals surface area contributed by atoms with Crippen LogP contribution in [0.5, 0.6) is 0 Å². The van der Waals surface area contributed by atoms with Gasteiger partial charge in [0, 0.05) is 50.3 Å². The van der Waals surface area contributed by atoms with Crippen LogP contribution in [0, 0.1) is 11.7 Å². The third-order valence-electron chi connectivity index (χ3n) is 7.45. The summed E-state index contributed by atoms with van der Waals surface area (Å²) in [5, 5.41) is 1.14. The van der Waals surface area contributed by atoms with Crippen molar-refractivity contribution in [2.75, 3.05) is 33.4 Å². The fraction of sp³-hybridized carbons (Fsp3) is 0.467. The number of benzene rings is 2. The van der Waals surface area contributed by atoms with Crippen LogP contribution in [0.25, 0.3) is 10.9 Å². The van der Waals surface area contributed by atoms with Crippen molar-refractivity contribution in [2.45, 2.75) is 51.5 Å². The first-order valence-corrected chi connectivity index (χ1v) is 13.4. The molecule has 0 saturated heterocycles. The number of carbonyl (C=O) groups excluding carboxylic acids is 2. The number of rotatable bonds is 13. The van der Waals surface area contributed by atoms with E-state index in [1.165, 1.54) is 37.8 Å². The number of carbonyl (C=O) groups is 2. The first-order chi connectivity index (χ1) is 18.0. The molecule has 1 aliphatic rings. The number of hydrogen-bond donors (Lipinski definition) is 1. The van der Waals surface area contributed by atoms with Crippen LogP contribution in [0.3, 0.4) is 0 Å². The van der Waals surface area contributed by atoms with Crippen molar-refractivity contribution in [2.24, 2.45) is 5.92 Å². The van der Waals surface area contributed by atoms with E-state index in [2.05, 4.69) is 11.1 Å². The summed E-state index contributed by atoms with van der Waals surface area (Å²) in [5.74, 6) is 0.208. The predicted molar refractivity (Wildman–Crippen MR) is 143 cm³/mol. The Labute approximate surface area is 218 Å². The average Bonchev–Trinajstić information content (AvgIpc) is 3.58. The van der Waals surface area contributed by atoms with Gasteiger partial charge in [-0.2, -0.15) is 0 Å². The molecule has 1 N–H and O–H groups in total.